The summed E-state index contributed by atoms with van der Waals surface area (Å²) in [6, 6.07) is 12.2. The van der Waals surface area contributed by atoms with E-state index in [4.69, 9.17) is 5.26 Å². The molecule has 0 heterocycles. The van der Waals surface area contributed by atoms with Crippen LogP contribution in [-0.4, -0.2) is 26.4 Å². The van der Waals surface area contributed by atoms with Gasteiger partial charge in [0.15, 0.2) is 9.84 Å². The molecule has 0 aliphatic carbocycles. The monoisotopic (exact) mass is 426 g/mol. The number of nitrogens with one attached hydrogen (secondary N) is 1. The molecule has 154 valence electrons. The zero-order chi connectivity index (χ0) is 21.7. The van der Waals surface area contributed by atoms with Gasteiger partial charge >= 0.3 is 6.36 Å². The number of ether oxygens (including phenoxy) is 1. The van der Waals surface area contributed by atoms with Gasteiger partial charge in [0, 0.05) is 0 Å². The van der Waals surface area contributed by atoms with Crippen molar-refractivity contribution >= 4 is 15.7 Å². The summed E-state index contributed by atoms with van der Waals surface area (Å²) in [7, 11) is -3.75. The van der Waals surface area contributed by atoms with Crippen molar-refractivity contribution in [3.8, 4) is 11.8 Å². The van der Waals surface area contributed by atoms with E-state index in [9.17, 15) is 26.4 Å². The zero-order valence-electron chi connectivity index (χ0n) is 15.2. The van der Waals surface area contributed by atoms with Gasteiger partial charge in [-0.25, -0.2) is 8.42 Å². The molecule has 6 nitrogen and oxygen atoms in total. The molecular formula is C19H17F3N2O4S. The molecule has 1 N–H and O–H groups in total. The van der Waals surface area contributed by atoms with Crippen molar-refractivity contribution in [2.45, 2.75) is 25.1 Å². The minimum absolute atomic E-state index is 0.357. The zero-order valence-corrected chi connectivity index (χ0v) is 16.0. The van der Waals surface area contributed by atoms with Crippen LogP contribution in [0.3, 0.4) is 0 Å². The topological polar surface area (TPSA) is 96.3 Å². The molecule has 0 aliphatic heterocycles. The fourth-order valence-electron chi connectivity index (χ4n) is 2.50. The number of hydrogen-bond donors (Lipinski definition) is 1. The Bertz CT molecular complexity index is 996. The van der Waals surface area contributed by atoms with Crippen LogP contribution in [0.25, 0.3) is 0 Å². The third-order valence-corrected chi connectivity index (χ3v) is 5.29. The van der Waals surface area contributed by atoms with Crippen molar-refractivity contribution in [2.75, 3.05) is 5.75 Å². The molecule has 1 amide bonds. The van der Waals surface area contributed by atoms with E-state index in [2.05, 4.69) is 10.1 Å². The van der Waals surface area contributed by atoms with Crippen molar-refractivity contribution in [1.29, 1.82) is 5.26 Å². The normalized spacial score (nSPS) is 12.7. The lowest BCUT2D eigenvalue weighted by Gasteiger charge is -2.15. The van der Waals surface area contributed by atoms with Crippen LogP contribution in [0, 0.1) is 11.3 Å². The molecule has 10 heteroatoms. The molecule has 2 aromatic rings. The molecular weight excluding hydrogens is 409 g/mol. The maximum Gasteiger partial charge on any atom is 0.573 e. The number of carbonyl (C=O) groups is 1. The first-order valence-corrected chi connectivity index (χ1v) is 10.1. The second-order valence-electron chi connectivity index (χ2n) is 6.25. The summed E-state index contributed by atoms with van der Waals surface area (Å²) in [6.07, 6.45) is -4.80. The first-order valence-electron chi connectivity index (χ1n) is 8.32. The molecule has 0 aliphatic rings. The Morgan fingerprint density at radius 2 is 1.72 bits per heavy atom. The summed E-state index contributed by atoms with van der Waals surface area (Å²) >= 11 is 0. The van der Waals surface area contributed by atoms with Gasteiger partial charge in [0.05, 0.1) is 23.4 Å². The Balaban J connectivity index is 1.93. The van der Waals surface area contributed by atoms with Crippen LogP contribution >= 0.6 is 0 Å². The number of carbonyl (C=O) groups excluding carboxylic acids is 1. The highest BCUT2D eigenvalue weighted by molar-refractivity contribution is 7.91. The largest absolute Gasteiger partial charge is 0.573 e. The number of sulfone groups is 1. The van der Waals surface area contributed by atoms with Gasteiger partial charge in [0.2, 0.25) is 5.91 Å². The molecule has 0 aromatic heterocycles. The van der Waals surface area contributed by atoms with Crippen LogP contribution in [0.15, 0.2) is 48.5 Å². The van der Waals surface area contributed by atoms with Crippen molar-refractivity contribution in [3.63, 3.8) is 0 Å². The first-order chi connectivity index (χ1) is 13.5. The molecule has 0 fully saturated rings. The van der Waals surface area contributed by atoms with Gasteiger partial charge in [-0.15, -0.1) is 13.2 Å². The van der Waals surface area contributed by atoms with Crippen molar-refractivity contribution in [1.82, 2.24) is 5.32 Å². The molecule has 0 radical (unpaired) electrons. The summed E-state index contributed by atoms with van der Waals surface area (Å²) in [5, 5.41) is 11.2. The van der Waals surface area contributed by atoms with E-state index in [1.165, 1.54) is 36.4 Å². The summed E-state index contributed by atoms with van der Waals surface area (Å²) in [4.78, 5) is 12.1. The number of hydrogen-bond acceptors (Lipinski definition) is 5. The number of nitrogens with zero attached hydrogens (tertiary/aromatic N) is 1. The molecule has 29 heavy (non-hydrogen) atoms. The lowest BCUT2D eigenvalue weighted by Crippen LogP contribution is -2.32. The summed E-state index contributed by atoms with van der Waals surface area (Å²) < 4.78 is 64.7. The molecule has 1 atom stereocenters. The maximum atomic E-state index is 12.2. The van der Waals surface area contributed by atoms with E-state index in [0.29, 0.717) is 16.7 Å². The predicted octanol–water partition coefficient (Wildman–Crippen LogP) is 3.25. The van der Waals surface area contributed by atoms with Crippen LogP contribution in [0.2, 0.25) is 0 Å². The van der Waals surface area contributed by atoms with Gasteiger partial charge in [-0.3, -0.25) is 4.79 Å². The number of amides is 1. The quantitative estimate of drug-likeness (QED) is 0.733. The Labute approximate surface area is 165 Å². The number of nitriles is 1. The van der Waals surface area contributed by atoms with Crippen molar-refractivity contribution in [3.05, 3.63) is 65.2 Å². The number of halogens is 3. The third kappa shape index (κ3) is 7.46. The van der Waals surface area contributed by atoms with E-state index in [1.807, 2.05) is 6.07 Å². The van der Waals surface area contributed by atoms with E-state index in [-0.39, 0.29) is 5.75 Å². The fraction of sp³-hybridized carbons (Fsp3) is 0.263. The lowest BCUT2D eigenvalue weighted by molar-refractivity contribution is -0.274. The van der Waals surface area contributed by atoms with E-state index >= 15 is 0 Å². The van der Waals surface area contributed by atoms with E-state index in [0.717, 1.165) is 12.1 Å². The van der Waals surface area contributed by atoms with Gasteiger partial charge in [-0.05, 0) is 42.3 Å². The number of alkyl halides is 3. The van der Waals surface area contributed by atoms with Gasteiger partial charge in [0.25, 0.3) is 0 Å². The smallest absolute Gasteiger partial charge is 0.406 e. The highest BCUT2D eigenvalue weighted by Crippen LogP contribution is 2.24. The van der Waals surface area contributed by atoms with E-state index < -0.39 is 39.7 Å². The summed E-state index contributed by atoms with van der Waals surface area (Å²) in [5.41, 5.74) is 1.33. The molecule has 2 rings (SSSR count). The summed E-state index contributed by atoms with van der Waals surface area (Å²) in [6.45, 7) is 1.57. The van der Waals surface area contributed by atoms with Gasteiger partial charge < -0.3 is 10.1 Å². The summed E-state index contributed by atoms with van der Waals surface area (Å²) in [5.74, 6) is -2.23. The van der Waals surface area contributed by atoms with Crippen LogP contribution in [0.4, 0.5) is 13.2 Å². The van der Waals surface area contributed by atoms with Gasteiger partial charge in [-0.2, -0.15) is 5.26 Å². The Morgan fingerprint density at radius 1 is 1.14 bits per heavy atom. The number of rotatable bonds is 7. The minimum Gasteiger partial charge on any atom is -0.406 e. The fourth-order valence-corrected chi connectivity index (χ4v) is 3.79. The second-order valence-corrected chi connectivity index (χ2v) is 8.31. The van der Waals surface area contributed by atoms with Crippen LogP contribution in [-0.2, 0) is 20.4 Å². The van der Waals surface area contributed by atoms with Crippen molar-refractivity contribution in [2.24, 2.45) is 0 Å². The van der Waals surface area contributed by atoms with Gasteiger partial charge in [-0.1, -0.05) is 24.3 Å². The highest BCUT2D eigenvalue weighted by Gasteiger charge is 2.31. The molecule has 0 saturated heterocycles. The minimum atomic E-state index is -4.80. The molecule has 1 unspecified atom stereocenters. The third-order valence-electron chi connectivity index (χ3n) is 3.81. The average molecular weight is 426 g/mol. The highest BCUT2D eigenvalue weighted by atomic mass is 32.2. The average Bonchev–Trinajstić information content (AvgIpc) is 2.60. The standard InChI is InChI=1S/C19H17F3N2O4S/c1-13(16-6-8-17(9-7-16)28-19(20,21)22)24-18(25)12-29(26,27)11-15-4-2-14(10-23)3-5-15/h2-9,13H,11-12H2,1H3,(H,24,25). The van der Waals surface area contributed by atoms with Gasteiger partial charge in [0.1, 0.15) is 11.5 Å². The maximum absolute atomic E-state index is 12.2. The Hall–Kier alpha value is -3.06. The van der Waals surface area contributed by atoms with Crippen LogP contribution < -0.4 is 10.1 Å². The predicted molar refractivity (Wildman–Crippen MR) is 98.3 cm³/mol. The Morgan fingerprint density at radius 3 is 2.24 bits per heavy atom. The molecule has 2 aromatic carbocycles. The second kappa shape index (κ2) is 8.96. The SMILES string of the molecule is CC(NC(=O)CS(=O)(=O)Cc1ccc(C#N)cc1)c1ccc(OC(F)(F)F)cc1. The Kier molecular flexibility index (Phi) is 6.87. The molecule has 0 spiro atoms. The van der Waals surface area contributed by atoms with E-state index in [1.54, 1.807) is 6.92 Å². The molecule has 0 bridgehead atoms. The lowest BCUT2D eigenvalue weighted by atomic mass is 10.1. The molecule has 0 saturated carbocycles. The van der Waals surface area contributed by atoms with Crippen molar-refractivity contribution < 1.29 is 31.1 Å². The number of benzene rings is 2. The first kappa shape index (κ1) is 22.2. The van der Waals surface area contributed by atoms with Crippen LogP contribution in [0.5, 0.6) is 5.75 Å². The van der Waals surface area contributed by atoms with Crippen LogP contribution in [0.1, 0.15) is 29.7 Å².